The fraction of sp³-hybridized carbons (Fsp3) is 0.333. The number of amides is 2. The number of hydrogen-bond acceptors (Lipinski definition) is 4. The lowest BCUT2D eigenvalue weighted by Gasteiger charge is -2.30. The number of carbonyl (C=O) groups is 1. The minimum Gasteiger partial charge on any atom is -0.378 e. The van der Waals surface area contributed by atoms with E-state index in [1.54, 1.807) is 6.21 Å². The first-order valence-corrected chi connectivity index (χ1v) is 6.67. The smallest absolute Gasteiger partial charge is 0.332 e. The molecule has 102 valence electrons. The van der Waals surface area contributed by atoms with Gasteiger partial charge in [-0.3, -0.25) is 0 Å². The highest BCUT2D eigenvalue weighted by Gasteiger charge is 2.14. The Morgan fingerprint density at radius 2 is 2.21 bits per heavy atom. The molecule has 1 aromatic rings. The molecule has 3 N–H and O–H groups in total. The van der Waals surface area contributed by atoms with Gasteiger partial charge in [0, 0.05) is 28.8 Å². The van der Waals surface area contributed by atoms with Crippen molar-refractivity contribution in [2.45, 2.75) is 0 Å². The highest BCUT2D eigenvalue weighted by Crippen LogP contribution is 2.24. The Kier molecular flexibility index (Phi) is 4.75. The van der Waals surface area contributed by atoms with Gasteiger partial charge in [-0.1, -0.05) is 22.0 Å². The van der Waals surface area contributed by atoms with Crippen molar-refractivity contribution in [1.29, 1.82) is 0 Å². The van der Waals surface area contributed by atoms with Crippen molar-refractivity contribution in [2.75, 3.05) is 31.2 Å². The van der Waals surface area contributed by atoms with Crippen molar-refractivity contribution in [3.05, 3.63) is 28.2 Å². The summed E-state index contributed by atoms with van der Waals surface area (Å²) >= 11 is 3.46. The van der Waals surface area contributed by atoms with E-state index in [0.717, 1.165) is 28.8 Å². The van der Waals surface area contributed by atoms with Gasteiger partial charge in [-0.2, -0.15) is 5.10 Å². The first kappa shape index (κ1) is 13.8. The molecule has 1 heterocycles. The van der Waals surface area contributed by atoms with Gasteiger partial charge < -0.3 is 15.4 Å². The minimum absolute atomic E-state index is 0.679. The first-order chi connectivity index (χ1) is 9.16. The average molecular weight is 327 g/mol. The lowest BCUT2D eigenvalue weighted by molar-refractivity contribution is 0.122. The predicted octanol–water partition coefficient (Wildman–Crippen LogP) is 1.29. The monoisotopic (exact) mass is 326 g/mol. The summed E-state index contributed by atoms with van der Waals surface area (Å²) in [4.78, 5) is 12.8. The van der Waals surface area contributed by atoms with Crippen molar-refractivity contribution >= 4 is 33.9 Å². The number of benzene rings is 1. The number of morpholine rings is 1. The molecule has 0 bridgehead atoms. The number of ether oxygens (including phenoxy) is 1. The van der Waals surface area contributed by atoms with Crippen molar-refractivity contribution in [3.8, 4) is 0 Å². The molecule has 0 spiro atoms. The molecule has 1 saturated heterocycles. The van der Waals surface area contributed by atoms with Crippen LogP contribution in [0.5, 0.6) is 0 Å². The van der Waals surface area contributed by atoms with Gasteiger partial charge in [0.05, 0.1) is 19.4 Å². The van der Waals surface area contributed by atoms with Gasteiger partial charge in [0.2, 0.25) is 0 Å². The second kappa shape index (κ2) is 6.53. The lowest BCUT2D eigenvalue weighted by atomic mass is 10.1. The molecule has 1 aliphatic rings. The van der Waals surface area contributed by atoms with E-state index in [1.165, 1.54) is 0 Å². The number of rotatable bonds is 3. The first-order valence-electron chi connectivity index (χ1n) is 5.87. The molecule has 19 heavy (non-hydrogen) atoms. The third kappa shape index (κ3) is 3.93. The number of anilines is 1. The van der Waals surface area contributed by atoms with E-state index in [2.05, 4.69) is 31.4 Å². The van der Waals surface area contributed by atoms with E-state index in [1.807, 2.05) is 18.2 Å². The second-order valence-corrected chi connectivity index (χ2v) is 4.95. The molecular weight excluding hydrogens is 312 g/mol. The van der Waals surface area contributed by atoms with E-state index in [9.17, 15) is 4.79 Å². The fourth-order valence-corrected chi connectivity index (χ4v) is 2.22. The maximum atomic E-state index is 10.6. The van der Waals surface area contributed by atoms with Crippen LogP contribution in [0.1, 0.15) is 5.56 Å². The summed E-state index contributed by atoms with van der Waals surface area (Å²) in [6.07, 6.45) is 1.59. The number of carbonyl (C=O) groups excluding carboxylic acids is 1. The zero-order valence-electron chi connectivity index (χ0n) is 10.3. The normalized spacial score (nSPS) is 15.7. The second-order valence-electron chi connectivity index (χ2n) is 4.04. The van der Waals surface area contributed by atoms with Gasteiger partial charge in [0.25, 0.3) is 0 Å². The van der Waals surface area contributed by atoms with Gasteiger partial charge in [-0.25, -0.2) is 10.2 Å². The SMILES string of the molecule is NC(=O)NN=Cc1ccc(Br)cc1N1CCOCC1. The van der Waals surface area contributed by atoms with E-state index in [-0.39, 0.29) is 0 Å². The molecule has 0 aromatic heterocycles. The lowest BCUT2D eigenvalue weighted by Crippen LogP contribution is -2.36. The third-order valence-electron chi connectivity index (χ3n) is 2.72. The Morgan fingerprint density at radius 3 is 2.89 bits per heavy atom. The van der Waals surface area contributed by atoms with Crippen LogP contribution < -0.4 is 16.1 Å². The van der Waals surface area contributed by atoms with Gasteiger partial charge in [-0.15, -0.1) is 0 Å². The number of nitrogens with one attached hydrogen (secondary N) is 1. The highest BCUT2D eigenvalue weighted by atomic mass is 79.9. The molecule has 7 heteroatoms. The summed E-state index contributed by atoms with van der Waals surface area (Å²) < 4.78 is 6.34. The zero-order valence-corrected chi connectivity index (χ0v) is 11.9. The quantitative estimate of drug-likeness (QED) is 0.648. The molecule has 0 unspecified atom stereocenters. The van der Waals surface area contributed by atoms with Crippen molar-refractivity contribution < 1.29 is 9.53 Å². The van der Waals surface area contributed by atoms with Crippen LogP contribution in [-0.2, 0) is 4.74 Å². The molecule has 0 atom stereocenters. The van der Waals surface area contributed by atoms with Crippen molar-refractivity contribution in [1.82, 2.24) is 5.43 Å². The third-order valence-corrected chi connectivity index (χ3v) is 3.22. The molecule has 0 aliphatic carbocycles. The number of urea groups is 1. The van der Waals surface area contributed by atoms with E-state index < -0.39 is 6.03 Å². The number of hydrazone groups is 1. The molecular formula is C12H15BrN4O2. The van der Waals surface area contributed by atoms with Crippen LogP contribution in [0.3, 0.4) is 0 Å². The summed E-state index contributed by atoms with van der Waals surface area (Å²) in [7, 11) is 0. The van der Waals surface area contributed by atoms with Crippen molar-refractivity contribution in [3.63, 3.8) is 0 Å². The number of halogens is 1. The molecule has 0 radical (unpaired) electrons. The molecule has 1 fully saturated rings. The maximum absolute atomic E-state index is 10.6. The number of hydrogen-bond donors (Lipinski definition) is 2. The maximum Gasteiger partial charge on any atom is 0.332 e. The molecule has 6 nitrogen and oxygen atoms in total. The Morgan fingerprint density at radius 1 is 1.47 bits per heavy atom. The number of nitrogens with zero attached hydrogens (tertiary/aromatic N) is 2. The van der Waals surface area contributed by atoms with E-state index in [0.29, 0.717) is 13.2 Å². The van der Waals surface area contributed by atoms with Crippen LogP contribution in [0, 0.1) is 0 Å². The van der Waals surface area contributed by atoms with Crippen LogP contribution in [0.2, 0.25) is 0 Å². The Labute approximate surface area is 119 Å². The Balaban J connectivity index is 2.21. The summed E-state index contributed by atoms with van der Waals surface area (Å²) in [6, 6.07) is 5.20. The van der Waals surface area contributed by atoms with Crippen LogP contribution >= 0.6 is 15.9 Å². The summed E-state index contributed by atoms with van der Waals surface area (Å²) in [5.74, 6) is 0. The molecule has 2 amide bonds. The Bertz CT molecular complexity index is 487. The van der Waals surface area contributed by atoms with Gasteiger partial charge in [-0.05, 0) is 12.1 Å². The van der Waals surface area contributed by atoms with Gasteiger partial charge >= 0.3 is 6.03 Å². The van der Waals surface area contributed by atoms with Crippen LogP contribution in [0.15, 0.2) is 27.8 Å². The standard InChI is InChI=1S/C12H15BrN4O2/c13-10-2-1-9(8-15-16-12(14)18)11(7-10)17-3-5-19-6-4-17/h1-2,7-8H,3-6H2,(H3,14,16,18). The van der Waals surface area contributed by atoms with Crippen LogP contribution in [0.25, 0.3) is 0 Å². The predicted molar refractivity (Wildman–Crippen MR) is 77.5 cm³/mol. The molecule has 1 aromatic carbocycles. The van der Waals surface area contributed by atoms with Gasteiger partial charge in [0.15, 0.2) is 0 Å². The largest absolute Gasteiger partial charge is 0.378 e. The van der Waals surface area contributed by atoms with Crippen LogP contribution in [-0.4, -0.2) is 38.5 Å². The van der Waals surface area contributed by atoms with Gasteiger partial charge in [0.1, 0.15) is 0 Å². The number of nitrogens with two attached hydrogens (primary N) is 1. The van der Waals surface area contributed by atoms with E-state index >= 15 is 0 Å². The summed E-state index contributed by atoms with van der Waals surface area (Å²) in [6.45, 7) is 3.09. The Hall–Kier alpha value is -1.60. The highest BCUT2D eigenvalue weighted by molar-refractivity contribution is 9.10. The number of primary amides is 1. The fourth-order valence-electron chi connectivity index (χ4n) is 1.87. The summed E-state index contributed by atoms with van der Waals surface area (Å²) in [5.41, 5.74) is 9.12. The minimum atomic E-state index is -0.679. The van der Waals surface area contributed by atoms with Crippen molar-refractivity contribution in [2.24, 2.45) is 10.8 Å². The topological polar surface area (TPSA) is 80.0 Å². The molecule has 2 rings (SSSR count). The average Bonchev–Trinajstić information content (AvgIpc) is 2.41. The van der Waals surface area contributed by atoms with Crippen LogP contribution in [0.4, 0.5) is 10.5 Å². The molecule has 1 aliphatic heterocycles. The zero-order chi connectivity index (χ0) is 13.7. The van der Waals surface area contributed by atoms with E-state index in [4.69, 9.17) is 10.5 Å². The molecule has 0 saturated carbocycles. The summed E-state index contributed by atoms with van der Waals surface area (Å²) in [5, 5.41) is 3.80.